The predicted molar refractivity (Wildman–Crippen MR) is 82.7 cm³/mol. The number of aromatic nitrogens is 2. The molecule has 3 rings (SSSR count). The zero-order valence-electron chi connectivity index (χ0n) is 11.7. The van der Waals surface area contributed by atoms with Crippen LogP contribution in [0.2, 0.25) is 0 Å². The molecular formula is C17H19N3. The molecule has 102 valence electrons. The molecule has 20 heavy (non-hydrogen) atoms. The maximum atomic E-state index is 4.03. The van der Waals surface area contributed by atoms with Gasteiger partial charge in [0.2, 0.25) is 0 Å². The number of benzene rings is 1. The van der Waals surface area contributed by atoms with Crippen molar-refractivity contribution in [3.63, 3.8) is 0 Å². The van der Waals surface area contributed by atoms with E-state index in [1.165, 1.54) is 27.7 Å². The third-order valence-corrected chi connectivity index (χ3v) is 3.66. The van der Waals surface area contributed by atoms with Gasteiger partial charge in [-0.3, -0.25) is 4.98 Å². The van der Waals surface area contributed by atoms with Crippen molar-refractivity contribution in [2.45, 2.75) is 19.9 Å². The molecule has 2 heterocycles. The van der Waals surface area contributed by atoms with Crippen LogP contribution < -0.4 is 5.32 Å². The molecule has 0 saturated heterocycles. The second-order valence-corrected chi connectivity index (χ2v) is 5.06. The largest absolute Gasteiger partial charge is 0.358 e. The first kappa shape index (κ1) is 12.9. The summed E-state index contributed by atoms with van der Waals surface area (Å²) >= 11 is 0. The smallest absolute Gasteiger partial charge is 0.0458 e. The monoisotopic (exact) mass is 265 g/mol. The summed E-state index contributed by atoms with van der Waals surface area (Å²) < 4.78 is 0. The molecule has 3 aromatic rings. The van der Waals surface area contributed by atoms with E-state index in [9.17, 15) is 0 Å². The number of hydrogen-bond donors (Lipinski definition) is 2. The molecule has 2 N–H and O–H groups in total. The molecule has 0 unspecified atom stereocenters. The number of aryl methyl sites for hydroxylation is 1. The van der Waals surface area contributed by atoms with Gasteiger partial charge in [0.15, 0.2) is 0 Å². The Labute approximate surface area is 119 Å². The molecule has 0 spiro atoms. The number of para-hydroxylation sites is 1. The minimum atomic E-state index is 0.893. The van der Waals surface area contributed by atoms with E-state index in [0.29, 0.717) is 0 Å². The third kappa shape index (κ3) is 2.73. The zero-order chi connectivity index (χ0) is 13.8. The molecule has 0 bridgehead atoms. The summed E-state index contributed by atoms with van der Waals surface area (Å²) in [4.78, 5) is 7.48. The Balaban J connectivity index is 1.61. The minimum absolute atomic E-state index is 0.893. The first-order chi connectivity index (χ1) is 9.84. The summed E-state index contributed by atoms with van der Waals surface area (Å²) in [7, 11) is 0. The molecule has 3 nitrogen and oxygen atoms in total. The maximum Gasteiger partial charge on any atom is 0.0458 e. The Bertz CT molecular complexity index is 686. The first-order valence-corrected chi connectivity index (χ1v) is 7.00. The van der Waals surface area contributed by atoms with Gasteiger partial charge in [-0.05, 0) is 49.2 Å². The lowest BCUT2D eigenvalue weighted by atomic mass is 10.1. The Hall–Kier alpha value is -2.13. The topological polar surface area (TPSA) is 40.7 Å². The highest BCUT2D eigenvalue weighted by Crippen LogP contribution is 2.21. The maximum absolute atomic E-state index is 4.03. The van der Waals surface area contributed by atoms with Gasteiger partial charge in [0.25, 0.3) is 0 Å². The van der Waals surface area contributed by atoms with Crippen LogP contribution >= 0.6 is 0 Å². The summed E-state index contributed by atoms with van der Waals surface area (Å²) in [6.07, 6.45) is 4.71. The van der Waals surface area contributed by atoms with Crippen LogP contribution in [0, 0.1) is 6.92 Å². The first-order valence-electron chi connectivity index (χ1n) is 7.00. The molecule has 0 amide bonds. The van der Waals surface area contributed by atoms with Crippen molar-refractivity contribution in [2.75, 3.05) is 6.54 Å². The number of nitrogens with zero attached hydrogens (tertiary/aromatic N) is 1. The lowest BCUT2D eigenvalue weighted by Gasteiger charge is -2.05. The van der Waals surface area contributed by atoms with Crippen molar-refractivity contribution in [1.82, 2.24) is 15.3 Å². The van der Waals surface area contributed by atoms with E-state index in [4.69, 9.17) is 0 Å². The number of pyridine rings is 1. The van der Waals surface area contributed by atoms with Crippen LogP contribution in [0.4, 0.5) is 0 Å². The SMILES string of the molecule is Cc1[nH]c2ccccc2c1CCNCc1ccncc1. The molecule has 2 aromatic heterocycles. The lowest BCUT2D eigenvalue weighted by molar-refractivity contribution is 0.686. The fourth-order valence-corrected chi connectivity index (χ4v) is 2.60. The van der Waals surface area contributed by atoms with Crippen LogP contribution in [-0.2, 0) is 13.0 Å². The zero-order valence-corrected chi connectivity index (χ0v) is 11.7. The Kier molecular flexibility index (Phi) is 3.79. The van der Waals surface area contributed by atoms with Gasteiger partial charge in [-0.2, -0.15) is 0 Å². The van der Waals surface area contributed by atoms with Gasteiger partial charge in [0, 0.05) is 35.5 Å². The van der Waals surface area contributed by atoms with Crippen LogP contribution in [0.3, 0.4) is 0 Å². The van der Waals surface area contributed by atoms with Crippen molar-refractivity contribution in [3.8, 4) is 0 Å². The predicted octanol–water partition coefficient (Wildman–Crippen LogP) is 3.20. The van der Waals surface area contributed by atoms with Crippen LogP contribution in [0.15, 0.2) is 48.8 Å². The van der Waals surface area contributed by atoms with Gasteiger partial charge in [0.05, 0.1) is 0 Å². The van der Waals surface area contributed by atoms with Gasteiger partial charge in [0.1, 0.15) is 0 Å². The van der Waals surface area contributed by atoms with Crippen LogP contribution in [0.5, 0.6) is 0 Å². The fourth-order valence-electron chi connectivity index (χ4n) is 2.60. The number of H-pyrrole nitrogens is 1. The summed E-state index contributed by atoms with van der Waals surface area (Å²) in [5, 5.41) is 4.83. The van der Waals surface area contributed by atoms with Gasteiger partial charge in [-0.25, -0.2) is 0 Å². The molecule has 0 aliphatic carbocycles. The summed E-state index contributed by atoms with van der Waals surface area (Å²) in [6.45, 7) is 4.02. The van der Waals surface area contributed by atoms with Crippen molar-refractivity contribution in [2.24, 2.45) is 0 Å². The standard InChI is InChI=1S/C17H19N3/c1-13-15(16-4-2-3-5-17(16)20-13)8-11-19-12-14-6-9-18-10-7-14/h2-7,9-10,19-20H,8,11-12H2,1H3. The van der Waals surface area contributed by atoms with Gasteiger partial charge in [-0.1, -0.05) is 18.2 Å². The summed E-state index contributed by atoms with van der Waals surface area (Å²) in [5.74, 6) is 0. The van der Waals surface area contributed by atoms with Gasteiger partial charge >= 0.3 is 0 Å². The van der Waals surface area contributed by atoms with E-state index in [2.05, 4.69) is 46.5 Å². The van der Waals surface area contributed by atoms with Crippen molar-refractivity contribution in [3.05, 3.63) is 65.6 Å². The highest BCUT2D eigenvalue weighted by molar-refractivity contribution is 5.84. The Morgan fingerprint density at radius 1 is 1.10 bits per heavy atom. The molecule has 0 fully saturated rings. The normalized spacial score (nSPS) is 11.1. The Morgan fingerprint density at radius 2 is 1.90 bits per heavy atom. The minimum Gasteiger partial charge on any atom is -0.358 e. The van der Waals surface area contributed by atoms with E-state index < -0.39 is 0 Å². The van der Waals surface area contributed by atoms with E-state index in [1.807, 2.05) is 24.5 Å². The van der Waals surface area contributed by atoms with E-state index in [0.717, 1.165) is 19.5 Å². The van der Waals surface area contributed by atoms with Crippen molar-refractivity contribution in [1.29, 1.82) is 0 Å². The van der Waals surface area contributed by atoms with E-state index >= 15 is 0 Å². The molecule has 0 saturated carbocycles. The number of rotatable bonds is 5. The highest BCUT2D eigenvalue weighted by Gasteiger charge is 2.06. The van der Waals surface area contributed by atoms with Gasteiger partial charge in [-0.15, -0.1) is 0 Å². The number of fused-ring (bicyclic) bond motifs is 1. The van der Waals surface area contributed by atoms with E-state index in [1.54, 1.807) is 0 Å². The highest BCUT2D eigenvalue weighted by atomic mass is 14.8. The summed E-state index contributed by atoms with van der Waals surface area (Å²) in [5.41, 5.74) is 5.20. The second kappa shape index (κ2) is 5.88. The number of nitrogens with one attached hydrogen (secondary N) is 2. The lowest BCUT2D eigenvalue weighted by Crippen LogP contribution is -2.16. The Morgan fingerprint density at radius 3 is 2.75 bits per heavy atom. The van der Waals surface area contributed by atoms with Crippen LogP contribution in [0.1, 0.15) is 16.8 Å². The fraction of sp³-hybridized carbons (Fsp3) is 0.235. The summed E-state index contributed by atoms with van der Waals surface area (Å²) in [6, 6.07) is 12.6. The molecule has 3 heteroatoms. The average Bonchev–Trinajstić information content (AvgIpc) is 2.80. The molecular weight excluding hydrogens is 246 g/mol. The molecule has 0 aliphatic heterocycles. The van der Waals surface area contributed by atoms with Crippen molar-refractivity contribution >= 4 is 10.9 Å². The third-order valence-electron chi connectivity index (χ3n) is 3.66. The second-order valence-electron chi connectivity index (χ2n) is 5.06. The number of hydrogen-bond acceptors (Lipinski definition) is 2. The van der Waals surface area contributed by atoms with E-state index in [-0.39, 0.29) is 0 Å². The quantitative estimate of drug-likeness (QED) is 0.695. The molecule has 0 radical (unpaired) electrons. The average molecular weight is 265 g/mol. The van der Waals surface area contributed by atoms with Crippen LogP contribution in [0.25, 0.3) is 10.9 Å². The number of aromatic amines is 1. The molecule has 0 aliphatic rings. The molecule has 1 aromatic carbocycles. The van der Waals surface area contributed by atoms with Gasteiger partial charge < -0.3 is 10.3 Å². The van der Waals surface area contributed by atoms with Crippen molar-refractivity contribution < 1.29 is 0 Å². The van der Waals surface area contributed by atoms with Crippen LogP contribution in [-0.4, -0.2) is 16.5 Å². The molecule has 0 atom stereocenters.